The van der Waals surface area contributed by atoms with Crippen molar-refractivity contribution in [1.29, 1.82) is 0 Å². The van der Waals surface area contributed by atoms with E-state index in [-0.39, 0.29) is 6.04 Å². The summed E-state index contributed by atoms with van der Waals surface area (Å²) in [4.78, 5) is 37.5. The van der Waals surface area contributed by atoms with Gasteiger partial charge in [0.15, 0.2) is 0 Å². The van der Waals surface area contributed by atoms with E-state index >= 15 is 0 Å². The zero-order chi connectivity index (χ0) is 25.5. The maximum atomic E-state index is 13.4. The van der Waals surface area contributed by atoms with Gasteiger partial charge in [-0.05, 0) is 79.7 Å². The molecule has 4 heterocycles. The third-order valence-electron chi connectivity index (χ3n) is 7.88. The van der Waals surface area contributed by atoms with Gasteiger partial charge in [-0.1, -0.05) is 13.0 Å². The van der Waals surface area contributed by atoms with Gasteiger partial charge in [-0.15, -0.1) is 11.3 Å². The highest BCUT2D eigenvalue weighted by Gasteiger charge is 2.35. The molecule has 0 spiro atoms. The van der Waals surface area contributed by atoms with Gasteiger partial charge in [0, 0.05) is 25.7 Å². The van der Waals surface area contributed by atoms with Gasteiger partial charge in [-0.3, -0.25) is 9.59 Å². The van der Waals surface area contributed by atoms with Crippen molar-refractivity contribution in [3.8, 4) is 0 Å². The topological polar surface area (TPSA) is 110 Å². The third-order valence-corrected chi connectivity index (χ3v) is 9.08. The van der Waals surface area contributed by atoms with E-state index in [4.69, 9.17) is 15.5 Å². The first-order chi connectivity index (χ1) is 18.0. The average Bonchev–Trinajstić information content (AvgIpc) is 3.67. The summed E-state index contributed by atoms with van der Waals surface area (Å²) < 4.78 is 6.67. The molecule has 2 amide bonds. The van der Waals surface area contributed by atoms with Crippen LogP contribution in [0.25, 0.3) is 10.2 Å². The van der Waals surface area contributed by atoms with Crippen molar-refractivity contribution in [3.05, 3.63) is 46.6 Å². The van der Waals surface area contributed by atoms with Crippen molar-refractivity contribution in [2.45, 2.75) is 63.3 Å². The molecule has 0 radical (unpaired) electrons. The molecular formula is C28H33N5O3S. The monoisotopic (exact) mass is 519 g/mol. The van der Waals surface area contributed by atoms with Gasteiger partial charge in [0.1, 0.15) is 5.82 Å². The number of piperidine rings is 1. The Hall–Kier alpha value is -3.04. The molecule has 3 N–H and O–H groups in total. The number of hydrogen-bond acceptors (Lipinski definition) is 7. The number of anilines is 2. The molecule has 0 unspecified atom stereocenters. The van der Waals surface area contributed by atoms with Gasteiger partial charge >= 0.3 is 11.8 Å². The summed E-state index contributed by atoms with van der Waals surface area (Å²) in [7, 11) is 0. The number of nitrogens with two attached hydrogens (primary N) is 1. The molecular weight excluding hydrogens is 486 g/mol. The lowest BCUT2D eigenvalue weighted by atomic mass is 9.89. The number of aromatic nitrogens is 2. The third kappa shape index (κ3) is 5.07. The molecule has 2 aromatic heterocycles. The number of nitrogen functional groups attached to an aromatic ring is 1. The van der Waals surface area contributed by atoms with Gasteiger partial charge in [0.2, 0.25) is 0 Å². The number of carbonyl (C=O) groups is 2. The molecule has 37 heavy (non-hydrogen) atoms. The molecule has 8 nitrogen and oxygen atoms in total. The second-order valence-electron chi connectivity index (χ2n) is 10.7. The lowest BCUT2D eigenvalue weighted by Crippen LogP contribution is -2.46. The quantitative estimate of drug-likeness (QED) is 0.470. The molecule has 2 aliphatic heterocycles. The Kier molecular flexibility index (Phi) is 6.58. The highest BCUT2D eigenvalue weighted by atomic mass is 32.1. The number of nitrogens with one attached hydrogen (secondary N) is 1. The Morgan fingerprint density at radius 2 is 1.89 bits per heavy atom. The van der Waals surface area contributed by atoms with Crippen LogP contribution in [0.4, 0.5) is 11.5 Å². The maximum Gasteiger partial charge on any atom is 0.313 e. The molecule has 1 aromatic carbocycles. The van der Waals surface area contributed by atoms with Crippen LogP contribution in [-0.2, 0) is 14.3 Å². The molecule has 2 atom stereocenters. The molecule has 0 bridgehead atoms. The van der Waals surface area contributed by atoms with Crippen LogP contribution in [0.2, 0.25) is 0 Å². The van der Waals surface area contributed by atoms with Crippen molar-refractivity contribution in [2.24, 2.45) is 5.92 Å². The van der Waals surface area contributed by atoms with Crippen LogP contribution in [0.3, 0.4) is 0 Å². The smallest absolute Gasteiger partial charge is 0.313 e. The molecule has 2 saturated heterocycles. The minimum absolute atomic E-state index is 0.154. The van der Waals surface area contributed by atoms with Crippen molar-refractivity contribution in [2.75, 3.05) is 30.8 Å². The second-order valence-corrected chi connectivity index (χ2v) is 11.8. The number of likely N-dealkylation sites (tertiary alicyclic amines) is 1. The number of ether oxygens (including phenoxy) is 1. The van der Waals surface area contributed by atoms with Crippen LogP contribution in [0.15, 0.2) is 30.5 Å². The molecule has 3 aromatic rings. The van der Waals surface area contributed by atoms with E-state index in [1.54, 1.807) is 16.2 Å². The van der Waals surface area contributed by atoms with Crippen molar-refractivity contribution >= 4 is 44.9 Å². The van der Waals surface area contributed by atoms with E-state index in [9.17, 15) is 9.59 Å². The number of hydrogen-bond donors (Lipinski definition) is 2. The van der Waals surface area contributed by atoms with E-state index < -0.39 is 11.8 Å². The van der Waals surface area contributed by atoms with Crippen LogP contribution in [0.1, 0.15) is 79.5 Å². The predicted molar refractivity (Wildman–Crippen MR) is 145 cm³/mol. The number of fused-ring (bicyclic) bond motifs is 1. The van der Waals surface area contributed by atoms with Crippen LogP contribution in [-0.4, -0.2) is 46.4 Å². The Balaban J connectivity index is 1.22. The standard InChI is InChI=1S/C28H33N5O3S/c1-16-2-6-23(19-5-7-24-22(12-19)32-27(37-24)18-8-10-36-11-9-18)33(15-16)28(35)26(34)31-20-13-21(17-3-4-17)25(29)30-14-20/h5,7,12-14,16-18,23H,2-4,6,8-11,15H2,1H3,(H2,29,30)(H,31,34)/t16-,23-/m0/s1. The Morgan fingerprint density at radius 1 is 1.08 bits per heavy atom. The largest absolute Gasteiger partial charge is 0.383 e. The fourth-order valence-corrected chi connectivity index (χ4v) is 6.73. The number of amides is 2. The summed E-state index contributed by atoms with van der Waals surface area (Å²) in [6.45, 7) is 4.26. The normalized spacial score (nSPS) is 22.8. The molecule has 3 aliphatic rings. The molecule has 3 fully saturated rings. The highest BCUT2D eigenvalue weighted by Crippen LogP contribution is 2.43. The molecule has 6 rings (SSSR count). The van der Waals surface area contributed by atoms with E-state index in [1.807, 2.05) is 6.07 Å². The molecule has 1 aliphatic carbocycles. The van der Waals surface area contributed by atoms with Gasteiger partial charge in [-0.2, -0.15) is 0 Å². The van der Waals surface area contributed by atoms with E-state index in [0.29, 0.717) is 35.8 Å². The number of pyridine rings is 1. The van der Waals surface area contributed by atoms with Crippen molar-refractivity contribution in [3.63, 3.8) is 0 Å². The van der Waals surface area contributed by atoms with Gasteiger partial charge < -0.3 is 20.7 Å². The summed E-state index contributed by atoms with van der Waals surface area (Å²) in [6.07, 6.45) is 7.52. The van der Waals surface area contributed by atoms with Crippen LogP contribution >= 0.6 is 11.3 Å². The van der Waals surface area contributed by atoms with Crippen LogP contribution < -0.4 is 11.1 Å². The summed E-state index contributed by atoms with van der Waals surface area (Å²) in [5.41, 5.74) is 9.48. The molecule has 1 saturated carbocycles. The SMILES string of the molecule is C[C@H]1CC[C@@H](c2ccc3sc(C4CCOCC4)nc3c2)N(C(=O)C(=O)Nc2cnc(N)c(C3CC3)c2)C1. The van der Waals surface area contributed by atoms with Crippen molar-refractivity contribution in [1.82, 2.24) is 14.9 Å². The summed E-state index contributed by atoms with van der Waals surface area (Å²) in [5.74, 6) is 0.534. The minimum Gasteiger partial charge on any atom is -0.383 e. The summed E-state index contributed by atoms with van der Waals surface area (Å²) in [5, 5.41) is 3.95. The van der Waals surface area contributed by atoms with E-state index in [0.717, 1.165) is 73.1 Å². The zero-order valence-electron chi connectivity index (χ0n) is 21.1. The highest BCUT2D eigenvalue weighted by molar-refractivity contribution is 7.18. The Bertz CT molecular complexity index is 1330. The summed E-state index contributed by atoms with van der Waals surface area (Å²) >= 11 is 1.76. The number of carbonyl (C=O) groups excluding carboxylic acids is 2. The van der Waals surface area contributed by atoms with Crippen LogP contribution in [0.5, 0.6) is 0 Å². The molecule has 9 heteroatoms. The number of rotatable bonds is 4. The van der Waals surface area contributed by atoms with E-state index in [2.05, 4.69) is 35.4 Å². The number of thiazole rings is 1. The lowest BCUT2D eigenvalue weighted by molar-refractivity contribution is -0.146. The average molecular weight is 520 g/mol. The first kappa shape index (κ1) is 24.3. The van der Waals surface area contributed by atoms with Gasteiger partial charge in [-0.25, -0.2) is 9.97 Å². The van der Waals surface area contributed by atoms with E-state index in [1.165, 1.54) is 11.2 Å². The Morgan fingerprint density at radius 3 is 2.68 bits per heavy atom. The fourth-order valence-electron chi connectivity index (χ4n) is 5.61. The van der Waals surface area contributed by atoms with Gasteiger partial charge in [0.25, 0.3) is 0 Å². The first-order valence-electron chi connectivity index (χ1n) is 13.3. The fraction of sp³-hybridized carbons (Fsp3) is 0.500. The lowest BCUT2D eigenvalue weighted by Gasteiger charge is -2.38. The maximum absolute atomic E-state index is 13.4. The molecule has 194 valence electrons. The Labute approximate surface area is 220 Å². The zero-order valence-corrected chi connectivity index (χ0v) is 21.9. The summed E-state index contributed by atoms with van der Waals surface area (Å²) in [6, 6.07) is 8.02. The number of nitrogens with zero attached hydrogens (tertiary/aromatic N) is 3. The predicted octanol–water partition coefficient (Wildman–Crippen LogP) is 4.98. The van der Waals surface area contributed by atoms with Gasteiger partial charge in [0.05, 0.1) is 33.2 Å². The minimum atomic E-state index is -0.635. The van der Waals surface area contributed by atoms with Crippen molar-refractivity contribution < 1.29 is 14.3 Å². The number of benzene rings is 1. The second kappa shape index (κ2) is 10.0. The van der Waals surface area contributed by atoms with Crippen LogP contribution in [0, 0.1) is 5.92 Å². The first-order valence-corrected chi connectivity index (χ1v) is 14.1.